The van der Waals surface area contributed by atoms with Crippen molar-refractivity contribution in [3.63, 3.8) is 0 Å². The minimum atomic E-state index is -0.414. The first-order chi connectivity index (χ1) is 15.0. The zero-order valence-corrected chi connectivity index (χ0v) is 16.5. The Hall–Kier alpha value is -4.07. The van der Waals surface area contributed by atoms with Crippen LogP contribution >= 0.6 is 0 Å². The number of aromatic nitrogens is 3. The van der Waals surface area contributed by atoms with Gasteiger partial charge in [0.2, 0.25) is 0 Å². The van der Waals surface area contributed by atoms with Crippen LogP contribution in [0.5, 0.6) is 6.01 Å². The van der Waals surface area contributed by atoms with E-state index < -0.39 is 5.82 Å². The van der Waals surface area contributed by atoms with Crippen LogP contribution in [0.4, 0.5) is 14.5 Å². The van der Waals surface area contributed by atoms with Gasteiger partial charge in [-0.2, -0.15) is 4.98 Å². The summed E-state index contributed by atoms with van der Waals surface area (Å²) in [5, 5.41) is 7.18. The highest BCUT2D eigenvalue weighted by Gasteiger charge is 2.15. The summed E-state index contributed by atoms with van der Waals surface area (Å²) in [5.41, 5.74) is 2.12. The average Bonchev–Trinajstić information content (AvgIpc) is 3.19. The Bertz CT molecular complexity index is 1210. The molecule has 0 bridgehead atoms. The van der Waals surface area contributed by atoms with Crippen molar-refractivity contribution in [2.24, 2.45) is 0 Å². The van der Waals surface area contributed by atoms with Crippen molar-refractivity contribution in [1.82, 2.24) is 14.8 Å². The van der Waals surface area contributed by atoms with Crippen LogP contribution in [-0.2, 0) is 0 Å². The molecule has 0 saturated heterocycles. The van der Waals surface area contributed by atoms with E-state index >= 15 is 0 Å². The maximum absolute atomic E-state index is 13.4. The fourth-order valence-electron chi connectivity index (χ4n) is 2.97. The topological polar surface area (TPSA) is 69.0 Å². The smallest absolute Gasteiger partial charge is 0.336 e. The zero-order valence-electron chi connectivity index (χ0n) is 16.5. The number of anilines is 1. The summed E-state index contributed by atoms with van der Waals surface area (Å²) < 4.78 is 33.5. The Balaban J connectivity index is 1.67. The quantitative estimate of drug-likeness (QED) is 0.484. The summed E-state index contributed by atoms with van der Waals surface area (Å²) in [5.74, 6) is -0.677. The largest absolute Gasteiger partial charge is 0.463 e. The van der Waals surface area contributed by atoms with Gasteiger partial charge in [-0.3, -0.25) is 4.79 Å². The molecule has 8 heteroatoms. The lowest BCUT2D eigenvalue weighted by molar-refractivity contribution is 0.102. The number of amides is 1. The molecule has 0 atom stereocenters. The highest BCUT2D eigenvalue weighted by Crippen LogP contribution is 2.25. The molecule has 0 aliphatic carbocycles. The number of rotatable bonds is 6. The van der Waals surface area contributed by atoms with Crippen molar-refractivity contribution in [2.45, 2.75) is 6.92 Å². The van der Waals surface area contributed by atoms with E-state index in [0.29, 0.717) is 34.9 Å². The van der Waals surface area contributed by atoms with Gasteiger partial charge >= 0.3 is 6.01 Å². The molecule has 0 radical (unpaired) electrons. The Kier molecular flexibility index (Phi) is 5.70. The number of carbonyl (C=O) groups is 1. The SMILES string of the molecule is CCOc1nc(-c2ccc(F)cc2)n(-c2cccc(NC(=O)c3ccc(F)cc3)c2)n1. The van der Waals surface area contributed by atoms with Gasteiger partial charge in [-0.25, -0.2) is 13.5 Å². The lowest BCUT2D eigenvalue weighted by Gasteiger charge is -2.09. The molecule has 1 amide bonds. The highest BCUT2D eigenvalue weighted by molar-refractivity contribution is 6.04. The first-order valence-corrected chi connectivity index (χ1v) is 9.56. The van der Waals surface area contributed by atoms with Crippen LogP contribution in [0.1, 0.15) is 17.3 Å². The number of nitrogens with zero attached hydrogens (tertiary/aromatic N) is 3. The van der Waals surface area contributed by atoms with Gasteiger partial charge in [0.1, 0.15) is 11.6 Å². The first kappa shape index (κ1) is 20.2. The molecule has 0 fully saturated rings. The third kappa shape index (κ3) is 4.58. The predicted octanol–water partition coefficient (Wildman–Crippen LogP) is 4.86. The van der Waals surface area contributed by atoms with Crippen LogP contribution in [-0.4, -0.2) is 27.3 Å². The Morgan fingerprint density at radius 2 is 1.68 bits per heavy atom. The van der Waals surface area contributed by atoms with Crippen molar-refractivity contribution < 1.29 is 18.3 Å². The maximum atomic E-state index is 13.4. The monoisotopic (exact) mass is 420 g/mol. The summed E-state index contributed by atoms with van der Waals surface area (Å²) in [6.07, 6.45) is 0. The second-order valence-corrected chi connectivity index (χ2v) is 6.58. The summed E-state index contributed by atoms with van der Waals surface area (Å²) in [7, 11) is 0. The van der Waals surface area contributed by atoms with Crippen LogP contribution in [0.15, 0.2) is 72.8 Å². The molecular formula is C23H18F2N4O2. The van der Waals surface area contributed by atoms with E-state index in [1.807, 2.05) is 6.92 Å². The fraction of sp³-hybridized carbons (Fsp3) is 0.0870. The lowest BCUT2D eigenvalue weighted by atomic mass is 10.2. The van der Waals surface area contributed by atoms with E-state index in [0.717, 1.165) is 0 Å². The van der Waals surface area contributed by atoms with Gasteiger partial charge in [0.05, 0.1) is 12.3 Å². The van der Waals surface area contributed by atoms with E-state index in [2.05, 4.69) is 15.4 Å². The van der Waals surface area contributed by atoms with Gasteiger partial charge in [-0.05, 0) is 73.7 Å². The number of hydrogen-bond acceptors (Lipinski definition) is 4. The second-order valence-electron chi connectivity index (χ2n) is 6.58. The van der Waals surface area contributed by atoms with E-state index in [4.69, 9.17) is 4.74 Å². The number of nitrogens with one attached hydrogen (secondary N) is 1. The van der Waals surface area contributed by atoms with E-state index in [-0.39, 0.29) is 17.7 Å². The molecule has 4 rings (SSSR count). The molecule has 6 nitrogen and oxygen atoms in total. The van der Waals surface area contributed by atoms with Gasteiger partial charge < -0.3 is 10.1 Å². The van der Waals surface area contributed by atoms with Crippen molar-refractivity contribution in [3.8, 4) is 23.1 Å². The summed E-state index contributed by atoms with van der Waals surface area (Å²) in [4.78, 5) is 16.9. The number of carbonyl (C=O) groups excluding carboxylic acids is 1. The normalized spacial score (nSPS) is 10.7. The van der Waals surface area contributed by atoms with Crippen molar-refractivity contribution in [3.05, 3.63) is 90.0 Å². The molecule has 0 saturated carbocycles. The molecule has 1 aromatic heterocycles. The maximum Gasteiger partial charge on any atom is 0.336 e. The summed E-state index contributed by atoms with van der Waals surface area (Å²) >= 11 is 0. The first-order valence-electron chi connectivity index (χ1n) is 9.56. The third-order valence-electron chi connectivity index (χ3n) is 4.42. The number of hydrogen-bond donors (Lipinski definition) is 1. The van der Waals surface area contributed by atoms with Crippen LogP contribution in [0.3, 0.4) is 0 Å². The Morgan fingerprint density at radius 3 is 2.35 bits per heavy atom. The Morgan fingerprint density at radius 1 is 1.00 bits per heavy atom. The van der Waals surface area contributed by atoms with Gasteiger partial charge in [0, 0.05) is 16.8 Å². The molecule has 0 aliphatic rings. The van der Waals surface area contributed by atoms with Gasteiger partial charge in [0.15, 0.2) is 5.82 Å². The van der Waals surface area contributed by atoms with Crippen molar-refractivity contribution >= 4 is 11.6 Å². The van der Waals surface area contributed by atoms with Crippen LogP contribution in [0.25, 0.3) is 17.1 Å². The van der Waals surface area contributed by atoms with Gasteiger partial charge in [0.25, 0.3) is 5.91 Å². The predicted molar refractivity (Wildman–Crippen MR) is 112 cm³/mol. The molecule has 156 valence electrons. The van der Waals surface area contributed by atoms with E-state index in [1.165, 1.54) is 36.4 Å². The molecule has 1 heterocycles. The van der Waals surface area contributed by atoms with Gasteiger partial charge in [-0.15, -0.1) is 5.10 Å². The number of ether oxygens (including phenoxy) is 1. The summed E-state index contributed by atoms with van der Waals surface area (Å²) in [6.45, 7) is 2.21. The Labute approximate surface area is 177 Å². The van der Waals surface area contributed by atoms with Crippen LogP contribution < -0.4 is 10.1 Å². The zero-order chi connectivity index (χ0) is 21.8. The fourth-order valence-corrected chi connectivity index (χ4v) is 2.97. The van der Waals surface area contributed by atoms with Crippen molar-refractivity contribution in [2.75, 3.05) is 11.9 Å². The molecule has 3 aromatic carbocycles. The molecule has 1 N–H and O–H groups in total. The van der Waals surface area contributed by atoms with Crippen molar-refractivity contribution in [1.29, 1.82) is 0 Å². The van der Waals surface area contributed by atoms with Gasteiger partial charge in [-0.1, -0.05) is 6.07 Å². The number of benzene rings is 3. The minimum absolute atomic E-state index is 0.183. The standard InChI is InChI=1S/C23H18F2N4O2/c1-2-31-23-27-21(15-6-10-17(24)11-7-15)29(28-23)20-5-3-4-19(14-20)26-22(30)16-8-12-18(25)13-9-16/h3-14H,2H2,1H3,(H,26,30). The molecule has 0 unspecified atom stereocenters. The number of halogens is 2. The molecule has 4 aromatic rings. The average molecular weight is 420 g/mol. The minimum Gasteiger partial charge on any atom is -0.463 e. The van der Waals surface area contributed by atoms with Crippen LogP contribution in [0, 0.1) is 11.6 Å². The molecular weight excluding hydrogens is 402 g/mol. The van der Waals surface area contributed by atoms with E-state index in [9.17, 15) is 13.6 Å². The highest BCUT2D eigenvalue weighted by atomic mass is 19.1. The third-order valence-corrected chi connectivity index (χ3v) is 4.42. The molecule has 0 spiro atoms. The van der Waals surface area contributed by atoms with E-state index in [1.54, 1.807) is 41.1 Å². The second kappa shape index (κ2) is 8.74. The molecule has 31 heavy (non-hydrogen) atoms. The summed E-state index contributed by atoms with van der Waals surface area (Å²) in [6, 6.07) is 18.3. The van der Waals surface area contributed by atoms with Crippen LogP contribution in [0.2, 0.25) is 0 Å². The lowest BCUT2D eigenvalue weighted by Crippen LogP contribution is -2.12. The molecule has 0 aliphatic heterocycles.